The summed E-state index contributed by atoms with van der Waals surface area (Å²) in [6, 6.07) is 18.8. The van der Waals surface area contributed by atoms with Crippen molar-refractivity contribution in [2.75, 3.05) is 70.8 Å². The Morgan fingerprint density at radius 2 is 1.46 bits per heavy atom. The normalized spacial score (nSPS) is 14.1. The maximum absolute atomic E-state index is 13.3. The number of aryl methyl sites for hydroxylation is 3. The van der Waals surface area contributed by atoms with Crippen LogP contribution in [-0.4, -0.2) is 107 Å². The Labute approximate surface area is 412 Å². The molecule has 0 radical (unpaired) electrons. The van der Waals surface area contributed by atoms with Gasteiger partial charge in [0.2, 0.25) is 0 Å². The van der Waals surface area contributed by atoms with E-state index in [1.54, 1.807) is 41.7 Å². The second kappa shape index (κ2) is 24.4. The number of hydrogen-bond donors (Lipinski definition) is 1. The third-order valence-electron chi connectivity index (χ3n) is 11.8. The van der Waals surface area contributed by atoms with Gasteiger partial charge >= 0.3 is 0 Å². The summed E-state index contributed by atoms with van der Waals surface area (Å²) in [4.78, 5) is 32.6. The largest absolute Gasteiger partial charge is 0.379 e. The minimum absolute atomic E-state index is 0.0163. The van der Waals surface area contributed by atoms with E-state index in [-0.39, 0.29) is 29.3 Å². The summed E-state index contributed by atoms with van der Waals surface area (Å²) < 4.78 is 59.4. The molecule has 15 nitrogen and oxygen atoms in total. The van der Waals surface area contributed by atoms with Crippen LogP contribution in [0.15, 0.2) is 76.6 Å². The van der Waals surface area contributed by atoms with Crippen LogP contribution in [0.4, 0.5) is 5.69 Å². The molecule has 0 unspecified atom stereocenters. The van der Waals surface area contributed by atoms with Gasteiger partial charge in [-0.25, -0.2) is 8.42 Å². The van der Waals surface area contributed by atoms with E-state index in [1.165, 1.54) is 17.0 Å². The molecular formula is C51H57ClN6O9S2. The van der Waals surface area contributed by atoms with Crippen LogP contribution in [0.3, 0.4) is 0 Å². The fourth-order valence-corrected chi connectivity index (χ4v) is 10.7. The van der Waals surface area contributed by atoms with E-state index >= 15 is 0 Å². The van der Waals surface area contributed by atoms with Crippen LogP contribution in [0.2, 0.25) is 5.02 Å². The van der Waals surface area contributed by atoms with E-state index in [9.17, 15) is 23.3 Å². The third kappa shape index (κ3) is 13.1. The number of aromatic nitrogens is 3. The number of nitrogens with zero attached hydrogens (tertiary/aromatic N) is 5. The number of Topliss-reactive ketones (excluding diaryl/α,β-unsaturated/α-hetero) is 2. The first-order chi connectivity index (χ1) is 33.4. The molecule has 5 aromatic rings. The lowest BCUT2D eigenvalue weighted by molar-refractivity contribution is -0.119. The number of ketones is 2. The number of carbonyl (C=O) groups excluding carboxylic acids is 2. The van der Waals surface area contributed by atoms with Crippen LogP contribution in [0.25, 0.3) is 10.6 Å². The van der Waals surface area contributed by atoms with Crippen molar-refractivity contribution >= 4 is 61.5 Å². The molecular weight excluding hydrogens is 940 g/mol. The Morgan fingerprint density at radius 3 is 2.12 bits per heavy atom. The van der Waals surface area contributed by atoms with Crippen LogP contribution in [0, 0.1) is 39.0 Å². The minimum atomic E-state index is -3.99. The van der Waals surface area contributed by atoms with Crippen molar-refractivity contribution in [3.63, 3.8) is 0 Å². The van der Waals surface area contributed by atoms with Crippen molar-refractivity contribution in [2.24, 2.45) is 4.99 Å². The third-order valence-corrected chi connectivity index (χ3v) is 14.6. The Balaban J connectivity index is 0.699. The average Bonchev–Trinajstić information content (AvgIpc) is 4.01. The number of benzene rings is 3. The van der Waals surface area contributed by atoms with Crippen molar-refractivity contribution in [2.45, 2.75) is 77.2 Å². The molecule has 1 aliphatic carbocycles. The maximum Gasteiger partial charge on any atom is 0.261 e. The van der Waals surface area contributed by atoms with E-state index < -0.39 is 16.1 Å². The van der Waals surface area contributed by atoms with E-state index in [1.807, 2.05) is 42.7 Å². The zero-order chi connectivity index (χ0) is 48.9. The number of thiophene rings is 1. The highest BCUT2D eigenvalue weighted by Gasteiger charge is 2.32. The number of rotatable bonds is 27. The number of sulfonamides is 1. The summed E-state index contributed by atoms with van der Waals surface area (Å²) >= 11 is 7.91. The number of nitriles is 1. The van der Waals surface area contributed by atoms with Crippen molar-refractivity contribution < 1.29 is 41.7 Å². The molecule has 18 heteroatoms. The number of halogens is 1. The molecule has 3 aromatic carbocycles. The summed E-state index contributed by atoms with van der Waals surface area (Å²) in [6.07, 6.45) is 4.06. The van der Waals surface area contributed by atoms with Crippen molar-refractivity contribution in [3.8, 4) is 11.1 Å². The predicted octanol–water partition coefficient (Wildman–Crippen LogP) is 8.86. The summed E-state index contributed by atoms with van der Waals surface area (Å²) in [5, 5.41) is 20.0. The first-order valence-electron chi connectivity index (χ1n) is 23.0. The van der Waals surface area contributed by atoms with E-state index in [4.69, 9.17) is 40.3 Å². The standard InChI is InChI=1S/C51H57ClN6O9S2/c1-33-12-19-44(43-18-15-39(32-53)47(33)43)57-69(61,62)42-10-5-8-38(30-42)46(60)11-7-21-64-23-25-66-27-29-67-28-26-65-24-22-63-20-6-9-41(59)31-45-50-56-55-36(4)58(50)51-48(34(2)35(3)68-51)49(54-45)37-13-16-40(52)17-14-37/h5,8,10,12-17,19,30,45,57H,6-7,9,11,18,20-29,31H2,1-4H3/t45-/m0/s1. The molecule has 2 aromatic heterocycles. The van der Waals surface area contributed by atoms with Gasteiger partial charge in [-0.1, -0.05) is 48.0 Å². The van der Waals surface area contributed by atoms with E-state index in [0.717, 1.165) is 49.9 Å². The van der Waals surface area contributed by atoms with Crippen molar-refractivity contribution in [1.29, 1.82) is 5.26 Å². The van der Waals surface area contributed by atoms with Crippen LogP contribution in [0.1, 0.15) is 98.4 Å². The summed E-state index contributed by atoms with van der Waals surface area (Å²) in [6.45, 7) is 12.0. The van der Waals surface area contributed by atoms with Crippen molar-refractivity contribution in [3.05, 3.63) is 127 Å². The monoisotopic (exact) mass is 996 g/mol. The second-order valence-electron chi connectivity index (χ2n) is 16.7. The van der Waals surface area contributed by atoms with Gasteiger partial charge in [0.15, 0.2) is 11.6 Å². The van der Waals surface area contributed by atoms with Crippen LogP contribution >= 0.6 is 22.9 Å². The van der Waals surface area contributed by atoms with Gasteiger partial charge in [0.05, 0.1) is 80.8 Å². The number of carbonyl (C=O) groups is 2. The van der Waals surface area contributed by atoms with Gasteiger partial charge in [-0.2, -0.15) is 5.26 Å². The molecule has 3 heterocycles. The van der Waals surface area contributed by atoms with Crippen molar-refractivity contribution in [1.82, 2.24) is 14.8 Å². The Kier molecular flexibility index (Phi) is 18.2. The minimum Gasteiger partial charge on any atom is -0.379 e. The number of fused-ring (bicyclic) bond motifs is 4. The van der Waals surface area contributed by atoms with Crippen LogP contribution < -0.4 is 4.72 Å². The molecule has 1 atom stereocenters. The van der Waals surface area contributed by atoms with Gasteiger partial charge in [0, 0.05) is 64.6 Å². The molecule has 2 aliphatic rings. The summed E-state index contributed by atoms with van der Waals surface area (Å²) in [5.74, 6) is 1.31. The number of aliphatic imine (C=N–C) groups is 1. The lowest BCUT2D eigenvalue weighted by Gasteiger charge is -2.14. The molecule has 1 N–H and O–H groups in total. The Morgan fingerprint density at radius 1 is 0.826 bits per heavy atom. The molecule has 7 rings (SSSR count). The molecule has 69 heavy (non-hydrogen) atoms. The fourth-order valence-electron chi connectivity index (χ4n) is 8.18. The number of nitrogens with one attached hydrogen (secondary N) is 1. The van der Waals surface area contributed by atoms with Gasteiger partial charge in [-0.3, -0.25) is 23.9 Å². The highest BCUT2D eigenvalue weighted by molar-refractivity contribution is 7.92. The number of ether oxygens (including phenoxy) is 5. The molecule has 0 spiro atoms. The summed E-state index contributed by atoms with van der Waals surface area (Å²) in [5.41, 5.74) is 7.61. The Hall–Kier alpha value is -5.42. The molecule has 0 saturated carbocycles. The lowest BCUT2D eigenvalue weighted by atomic mass is 9.99. The molecule has 0 fully saturated rings. The number of anilines is 1. The maximum atomic E-state index is 13.3. The second-order valence-corrected chi connectivity index (χ2v) is 20.0. The van der Waals surface area contributed by atoms with E-state index in [0.29, 0.717) is 119 Å². The zero-order valence-electron chi connectivity index (χ0n) is 39.3. The number of hydrogen-bond acceptors (Lipinski definition) is 14. The highest BCUT2D eigenvalue weighted by Crippen LogP contribution is 2.40. The van der Waals surface area contributed by atoms with Gasteiger partial charge < -0.3 is 23.7 Å². The summed E-state index contributed by atoms with van der Waals surface area (Å²) in [7, 11) is -3.99. The fraction of sp³-hybridized carbons (Fsp3) is 0.412. The average molecular weight is 998 g/mol. The van der Waals surface area contributed by atoms with Crippen LogP contribution in [-0.2, 0) is 44.9 Å². The highest BCUT2D eigenvalue weighted by atomic mass is 35.5. The first-order valence-corrected chi connectivity index (χ1v) is 25.7. The Bertz CT molecular complexity index is 2850. The first kappa shape index (κ1) is 51.4. The van der Waals surface area contributed by atoms with Gasteiger partial charge in [-0.05, 0) is 94.0 Å². The number of allylic oxidation sites excluding steroid dienone is 2. The quantitative estimate of drug-likeness (QED) is 0.0389. The lowest BCUT2D eigenvalue weighted by Crippen LogP contribution is -2.15. The smallest absolute Gasteiger partial charge is 0.261 e. The predicted molar refractivity (Wildman–Crippen MR) is 266 cm³/mol. The zero-order valence-corrected chi connectivity index (χ0v) is 41.7. The topological polar surface area (TPSA) is 193 Å². The molecule has 0 bridgehead atoms. The van der Waals surface area contributed by atoms with Crippen LogP contribution in [0.5, 0.6) is 0 Å². The van der Waals surface area contributed by atoms with E-state index in [2.05, 4.69) is 34.8 Å². The SMILES string of the molecule is Cc1ccc(NS(=O)(=O)c2cccc(C(=O)CCCOCCOCCOCCOCCOCCCC(=O)C[C@@H]3N=C(c4ccc(Cl)cc4)c4c(sc(C)c4C)-n4c(C)nnc43)c2)c2c1C(C#N)=CC2. The van der Waals surface area contributed by atoms with Gasteiger partial charge in [0.25, 0.3) is 10.0 Å². The molecule has 0 amide bonds. The van der Waals surface area contributed by atoms with Gasteiger partial charge in [0.1, 0.15) is 22.7 Å². The molecule has 1 aliphatic heterocycles. The van der Waals surface area contributed by atoms with Gasteiger partial charge in [-0.15, -0.1) is 21.5 Å². The molecule has 0 saturated heterocycles. The molecule has 364 valence electrons.